The van der Waals surface area contributed by atoms with Gasteiger partial charge in [0.25, 0.3) is 0 Å². The van der Waals surface area contributed by atoms with Crippen LogP contribution in [0.4, 0.5) is 0 Å². The first-order valence-electron chi connectivity index (χ1n) is 8.52. The fourth-order valence-corrected chi connectivity index (χ4v) is 5.48. The molecule has 5 nitrogen and oxygen atoms in total. The number of carbonyl (C=O) groups is 1. The van der Waals surface area contributed by atoms with Gasteiger partial charge in [0.15, 0.2) is 0 Å². The maximum atomic E-state index is 13.2. The molecule has 0 aliphatic carbocycles. The first-order valence-corrected chi connectivity index (χ1v) is 9.96. The molecule has 0 aromatic heterocycles. The van der Waals surface area contributed by atoms with Crippen molar-refractivity contribution in [1.29, 1.82) is 0 Å². The van der Waals surface area contributed by atoms with E-state index in [9.17, 15) is 13.2 Å². The Hall–Kier alpha value is -1.40. The van der Waals surface area contributed by atoms with E-state index in [4.69, 9.17) is 0 Å². The fraction of sp³-hybridized carbons (Fsp3) is 0.611. The summed E-state index contributed by atoms with van der Waals surface area (Å²) in [6, 6.07) is 3.15. The topological polar surface area (TPSA) is 66.5 Å². The second-order valence-corrected chi connectivity index (χ2v) is 8.97. The molecule has 1 amide bonds. The van der Waals surface area contributed by atoms with Gasteiger partial charge in [-0.2, -0.15) is 4.31 Å². The highest BCUT2D eigenvalue weighted by Gasteiger charge is 2.40. The fourth-order valence-electron chi connectivity index (χ4n) is 3.40. The van der Waals surface area contributed by atoms with Crippen molar-refractivity contribution in [2.24, 2.45) is 5.92 Å². The Bertz CT molecular complexity index is 703. The molecule has 1 saturated heterocycles. The number of amides is 1. The van der Waals surface area contributed by atoms with Gasteiger partial charge in [0.05, 0.1) is 4.90 Å². The van der Waals surface area contributed by atoms with E-state index in [1.807, 2.05) is 46.8 Å². The number of carbonyl (C=O) groups excluding carboxylic acids is 1. The van der Waals surface area contributed by atoms with E-state index in [0.29, 0.717) is 36.7 Å². The Morgan fingerprint density at radius 1 is 1.25 bits per heavy atom. The van der Waals surface area contributed by atoms with Gasteiger partial charge in [0, 0.05) is 13.1 Å². The summed E-state index contributed by atoms with van der Waals surface area (Å²) in [5.74, 6) is 0.147. The molecule has 1 heterocycles. The number of nitrogens with zero attached hydrogens (tertiary/aromatic N) is 1. The number of benzene rings is 1. The van der Waals surface area contributed by atoms with Crippen LogP contribution in [0.15, 0.2) is 17.0 Å². The Balaban J connectivity index is 2.33. The van der Waals surface area contributed by atoms with Crippen LogP contribution in [0.2, 0.25) is 0 Å². The zero-order chi connectivity index (χ0) is 18.1. The predicted octanol–water partition coefficient (Wildman–Crippen LogP) is 2.54. The van der Waals surface area contributed by atoms with Crippen LogP contribution in [-0.2, 0) is 14.8 Å². The minimum atomic E-state index is -3.68. The average Bonchev–Trinajstić information content (AvgIpc) is 2.93. The highest BCUT2D eigenvalue weighted by Crippen LogP contribution is 2.30. The van der Waals surface area contributed by atoms with Gasteiger partial charge in [-0.3, -0.25) is 4.79 Å². The lowest BCUT2D eigenvalue weighted by Crippen LogP contribution is -2.46. The van der Waals surface area contributed by atoms with E-state index in [1.54, 1.807) is 0 Å². The quantitative estimate of drug-likeness (QED) is 0.885. The number of hydrogen-bond donors (Lipinski definition) is 1. The maximum absolute atomic E-state index is 13.2. The summed E-state index contributed by atoms with van der Waals surface area (Å²) in [4.78, 5) is 12.8. The van der Waals surface area contributed by atoms with Crippen molar-refractivity contribution in [3.8, 4) is 0 Å². The molecule has 1 aliphatic rings. The minimum Gasteiger partial charge on any atom is -0.354 e. The third-order valence-electron chi connectivity index (χ3n) is 4.36. The Labute approximate surface area is 145 Å². The van der Waals surface area contributed by atoms with Crippen LogP contribution in [0.3, 0.4) is 0 Å². The van der Waals surface area contributed by atoms with Gasteiger partial charge in [-0.05, 0) is 50.7 Å². The van der Waals surface area contributed by atoms with E-state index in [-0.39, 0.29) is 5.91 Å². The standard InChI is InChI=1S/C18H28N2O3S/c1-12(2)11-19-18(21)16-7-6-8-20(16)24(22,23)17-14(4)9-13(3)10-15(17)5/h9-10,12,16H,6-8,11H2,1-5H3,(H,19,21). The van der Waals surface area contributed by atoms with Crippen LogP contribution >= 0.6 is 0 Å². The van der Waals surface area contributed by atoms with E-state index in [2.05, 4.69) is 5.32 Å². The van der Waals surface area contributed by atoms with Crippen molar-refractivity contribution >= 4 is 15.9 Å². The number of rotatable bonds is 5. The van der Waals surface area contributed by atoms with Gasteiger partial charge in [-0.15, -0.1) is 0 Å². The average molecular weight is 353 g/mol. The summed E-state index contributed by atoms with van der Waals surface area (Å²) in [5, 5.41) is 2.87. The largest absolute Gasteiger partial charge is 0.354 e. The highest BCUT2D eigenvalue weighted by molar-refractivity contribution is 7.89. The van der Waals surface area contributed by atoms with Gasteiger partial charge in [-0.25, -0.2) is 8.42 Å². The van der Waals surface area contributed by atoms with E-state index in [1.165, 1.54) is 4.31 Å². The molecule has 1 fully saturated rings. The van der Waals surface area contributed by atoms with Gasteiger partial charge in [0.2, 0.25) is 15.9 Å². The molecule has 0 saturated carbocycles. The molecule has 24 heavy (non-hydrogen) atoms. The molecule has 0 radical (unpaired) electrons. The smallest absolute Gasteiger partial charge is 0.244 e. The molecule has 6 heteroatoms. The van der Waals surface area contributed by atoms with E-state index in [0.717, 1.165) is 16.7 Å². The Morgan fingerprint density at radius 2 is 1.83 bits per heavy atom. The molecule has 1 aromatic carbocycles. The Morgan fingerprint density at radius 3 is 2.38 bits per heavy atom. The lowest BCUT2D eigenvalue weighted by atomic mass is 10.1. The van der Waals surface area contributed by atoms with Crippen LogP contribution < -0.4 is 5.32 Å². The number of aryl methyl sites for hydroxylation is 3. The van der Waals surface area contributed by atoms with Crippen molar-refractivity contribution in [1.82, 2.24) is 9.62 Å². The molecular weight excluding hydrogens is 324 g/mol. The van der Waals surface area contributed by atoms with Crippen LogP contribution in [0.25, 0.3) is 0 Å². The number of hydrogen-bond acceptors (Lipinski definition) is 3. The zero-order valence-electron chi connectivity index (χ0n) is 15.2. The third kappa shape index (κ3) is 3.81. The molecule has 0 bridgehead atoms. The van der Waals surface area contributed by atoms with Crippen LogP contribution in [0.5, 0.6) is 0 Å². The molecule has 134 valence electrons. The van der Waals surface area contributed by atoms with Crippen LogP contribution in [0.1, 0.15) is 43.4 Å². The summed E-state index contributed by atoms with van der Waals surface area (Å²) in [6.45, 7) is 10.6. The summed E-state index contributed by atoms with van der Waals surface area (Å²) in [5.41, 5.74) is 2.51. The first kappa shape index (κ1) is 18.9. The molecular formula is C18H28N2O3S. The van der Waals surface area contributed by atoms with E-state index < -0.39 is 16.1 Å². The van der Waals surface area contributed by atoms with Crippen LogP contribution in [0, 0.1) is 26.7 Å². The minimum absolute atomic E-state index is 0.188. The molecule has 1 atom stereocenters. The van der Waals surface area contributed by atoms with Crippen LogP contribution in [-0.4, -0.2) is 37.8 Å². The van der Waals surface area contributed by atoms with E-state index >= 15 is 0 Å². The van der Waals surface area contributed by atoms with Crippen molar-refractivity contribution in [2.75, 3.05) is 13.1 Å². The second kappa shape index (κ2) is 7.23. The first-order chi connectivity index (χ1) is 11.1. The van der Waals surface area contributed by atoms with Crippen molar-refractivity contribution in [2.45, 2.75) is 58.4 Å². The van der Waals surface area contributed by atoms with Gasteiger partial charge in [-0.1, -0.05) is 31.5 Å². The monoisotopic (exact) mass is 352 g/mol. The van der Waals surface area contributed by atoms with Crippen molar-refractivity contribution < 1.29 is 13.2 Å². The summed E-state index contributed by atoms with van der Waals surface area (Å²) < 4.78 is 27.8. The zero-order valence-corrected chi connectivity index (χ0v) is 16.0. The summed E-state index contributed by atoms with van der Waals surface area (Å²) >= 11 is 0. The Kier molecular flexibility index (Phi) is 5.71. The lowest BCUT2D eigenvalue weighted by molar-refractivity contribution is -0.124. The number of sulfonamides is 1. The lowest BCUT2D eigenvalue weighted by Gasteiger charge is -2.25. The molecule has 1 unspecified atom stereocenters. The molecule has 1 N–H and O–H groups in total. The SMILES string of the molecule is Cc1cc(C)c(S(=O)(=O)N2CCCC2C(=O)NCC(C)C)c(C)c1. The normalized spacial score (nSPS) is 19.0. The van der Waals surface area contributed by atoms with Gasteiger partial charge in [0.1, 0.15) is 6.04 Å². The molecule has 0 spiro atoms. The third-order valence-corrected chi connectivity index (χ3v) is 6.58. The van der Waals surface area contributed by atoms with Gasteiger partial charge >= 0.3 is 0 Å². The summed E-state index contributed by atoms with van der Waals surface area (Å²) in [6.07, 6.45) is 1.29. The van der Waals surface area contributed by atoms with Crippen molar-refractivity contribution in [3.05, 3.63) is 28.8 Å². The number of nitrogens with one attached hydrogen (secondary N) is 1. The highest BCUT2D eigenvalue weighted by atomic mass is 32.2. The molecule has 1 aromatic rings. The second-order valence-electron chi connectivity index (χ2n) is 7.14. The molecule has 1 aliphatic heterocycles. The van der Waals surface area contributed by atoms with Gasteiger partial charge < -0.3 is 5.32 Å². The maximum Gasteiger partial charge on any atom is 0.244 e. The molecule has 2 rings (SSSR count). The summed E-state index contributed by atoms with van der Waals surface area (Å²) in [7, 11) is -3.68. The van der Waals surface area contributed by atoms with Crippen molar-refractivity contribution in [3.63, 3.8) is 0 Å². The predicted molar refractivity (Wildman–Crippen MR) is 95.4 cm³/mol.